The van der Waals surface area contributed by atoms with E-state index in [4.69, 9.17) is 6.42 Å². The topological polar surface area (TPSA) is 55.4 Å². The number of nitrogens with one attached hydrogen (secondary N) is 1. The lowest BCUT2D eigenvalue weighted by atomic mass is 10.1. The van der Waals surface area contributed by atoms with Crippen molar-refractivity contribution in [1.29, 1.82) is 0 Å². The minimum absolute atomic E-state index is 0.239. The summed E-state index contributed by atoms with van der Waals surface area (Å²) in [4.78, 5) is 22.4. The number of benzene rings is 1. The van der Waals surface area contributed by atoms with E-state index in [1.54, 1.807) is 24.3 Å². The first-order valence-corrected chi connectivity index (χ1v) is 4.63. The van der Waals surface area contributed by atoms with Crippen LogP contribution in [0.2, 0.25) is 0 Å². The van der Waals surface area contributed by atoms with Gasteiger partial charge in [0.2, 0.25) is 0 Å². The highest BCUT2D eigenvalue weighted by molar-refractivity contribution is 5.96. The molecule has 1 amide bonds. The highest BCUT2D eigenvalue weighted by Gasteiger charge is 2.08. The van der Waals surface area contributed by atoms with Gasteiger partial charge >= 0.3 is 5.97 Å². The molecule has 0 unspecified atom stereocenters. The van der Waals surface area contributed by atoms with E-state index in [1.807, 2.05) is 13.0 Å². The van der Waals surface area contributed by atoms with Crippen molar-refractivity contribution >= 4 is 11.9 Å². The molecule has 0 aliphatic rings. The van der Waals surface area contributed by atoms with Crippen molar-refractivity contribution in [2.24, 2.45) is 0 Å². The Morgan fingerprint density at radius 1 is 1.50 bits per heavy atom. The summed E-state index contributed by atoms with van der Waals surface area (Å²) in [6, 6.07) is 7.03. The molecule has 0 radical (unpaired) electrons. The molecule has 1 rings (SSSR count). The predicted molar refractivity (Wildman–Crippen MR) is 58.4 cm³/mol. The van der Waals surface area contributed by atoms with Crippen molar-refractivity contribution in [2.75, 3.05) is 6.54 Å². The van der Waals surface area contributed by atoms with Gasteiger partial charge in [-0.05, 0) is 19.1 Å². The van der Waals surface area contributed by atoms with E-state index in [1.165, 1.54) is 0 Å². The van der Waals surface area contributed by atoms with Crippen LogP contribution in [0.15, 0.2) is 24.3 Å². The zero-order valence-corrected chi connectivity index (χ0v) is 8.82. The molecule has 82 valence electrons. The van der Waals surface area contributed by atoms with Crippen LogP contribution in [0.1, 0.15) is 15.9 Å². The molecular formula is C12H11NO3. The number of hydrogen-bond donors (Lipinski definition) is 1. The van der Waals surface area contributed by atoms with E-state index < -0.39 is 5.97 Å². The van der Waals surface area contributed by atoms with Crippen LogP contribution in [0.5, 0.6) is 0 Å². The number of carbonyl (C=O) groups excluding carboxylic acids is 2. The minimum atomic E-state index is -0.663. The van der Waals surface area contributed by atoms with Crippen LogP contribution in [0, 0.1) is 19.5 Å². The smallest absolute Gasteiger partial charge is 0.339 e. The molecule has 0 heterocycles. The van der Waals surface area contributed by atoms with E-state index in [-0.39, 0.29) is 12.5 Å². The first kappa shape index (κ1) is 11.8. The summed E-state index contributed by atoms with van der Waals surface area (Å²) < 4.78 is 4.23. The molecule has 16 heavy (non-hydrogen) atoms. The van der Waals surface area contributed by atoms with Gasteiger partial charge in [0, 0.05) is 5.56 Å². The number of rotatable bonds is 3. The van der Waals surface area contributed by atoms with Crippen molar-refractivity contribution in [2.45, 2.75) is 6.92 Å². The van der Waals surface area contributed by atoms with Gasteiger partial charge in [-0.2, -0.15) is 0 Å². The molecule has 0 bridgehead atoms. The third-order valence-corrected chi connectivity index (χ3v) is 1.85. The molecule has 0 aromatic heterocycles. The largest absolute Gasteiger partial charge is 0.371 e. The summed E-state index contributed by atoms with van der Waals surface area (Å²) in [6.45, 7) is 1.64. The lowest BCUT2D eigenvalue weighted by Crippen LogP contribution is -2.30. The summed E-state index contributed by atoms with van der Waals surface area (Å²) >= 11 is 0. The van der Waals surface area contributed by atoms with Gasteiger partial charge in [-0.15, -0.1) is 0 Å². The molecule has 0 saturated heterocycles. The second-order valence-electron chi connectivity index (χ2n) is 3.14. The fraction of sp³-hybridized carbons (Fsp3) is 0.167. The Morgan fingerprint density at radius 2 is 2.25 bits per heavy atom. The molecule has 0 aliphatic carbocycles. The number of hydrogen-bond acceptors (Lipinski definition) is 3. The van der Waals surface area contributed by atoms with Crippen molar-refractivity contribution in [3.63, 3.8) is 0 Å². The van der Waals surface area contributed by atoms with Crippen LogP contribution in [0.25, 0.3) is 0 Å². The summed E-state index contributed by atoms with van der Waals surface area (Å²) in [5.74, 6) is -0.999. The van der Waals surface area contributed by atoms with Gasteiger partial charge in [0.25, 0.3) is 5.91 Å². The number of amides is 1. The fourth-order valence-electron chi connectivity index (χ4n) is 1.14. The van der Waals surface area contributed by atoms with E-state index in [2.05, 4.69) is 10.1 Å². The Kier molecular flexibility index (Phi) is 4.10. The second kappa shape index (κ2) is 5.56. The predicted octanol–water partition coefficient (Wildman–Crippen LogP) is 0.859. The summed E-state index contributed by atoms with van der Waals surface area (Å²) in [5, 5.41) is 2.40. The quantitative estimate of drug-likeness (QED) is 0.603. The van der Waals surface area contributed by atoms with Crippen LogP contribution in [0.4, 0.5) is 0 Å². The Balaban J connectivity index is 2.54. The van der Waals surface area contributed by atoms with Crippen molar-refractivity contribution in [3.05, 3.63) is 35.4 Å². The molecule has 1 N–H and O–H groups in total. The number of esters is 1. The maximum absolute atomic E-state index is 11.5. The van der Waals surface area contributed by atoms with Crippen LogP contribution in [-0.4, -0.2) is 18.4 Å². The van der Waals surface area contributed by atoms with E-state index >= 15 is 0 Å². The SMILES string of the molecule is C#COC(=O)CNC(=O)c1cccc(C)c1. The van der Waals surface area contributed by atoms with Gasteiger partial charge in [-0.25, -0.2) is 4.79 Å². The van der Waals surface area contributed by atoms with Gasteiger partial charge < -0.3 is 10.1 Å². The van der Waals surface area contributed by atoms with E-state index in [9.17, 15) is 9.59 Å². The molecule has 4 nitrogen and oxygen atoms in total. The first-order chi connectivity index (χ1) is 7.63. The fourth-order valence-corrected chi connectivity index (χ4v) is 1.14. The third-order valence-electron chi connectivity index (χ3n) is 1.85. The third kappa shape index (κ3) is 3.46. The Labute approximate surface area is 93.6 Å². The van der Waals surface area contributed by atoms with E-state index in [0.29, 0.717) is 5.56 Å². The lowest BCUT2D eigenvalue weighted by molar-refractivity contribution is -0.135. The summed E-state index contributed by atoms with van der Waals surface area (Å²) in [7, 11) is 0. The highest BCUT2D eigenvalue weighted by atomic mass is 16.5. The second-order valence-corrected chi connectivity index (χ2v) is 3.14. The zero-order chi connectivity index (χ0) is 12.0. The number of ether oxygens (including phenoxy) is 1. The van der Waals surface area contributed by atoms with Gasteiger partial charge in [-0.1, -0.05) is 24.1 Å². The lowest BCUT2D eigenvalue weighted by Gasteiger charge is -2.03. The van der Waals surface area contributed by atoms with Gasteiger partial charge in [0.05, 0.1) is 0 Å². The maximum atomic E-state index is 11.5. The maximum Gasteiger partial charge on any atom is 0.339 e. The average Bonchev–Trinajstić information content (AvgIpc) is 2.26. The van der Waals surface area contributed by atoms with Crippen LogP contribution >= 0.6 is 0 Å². The van der Waals surface area contributed by atoms with Crippen LogP contribution in [-0.2, 0) is 9.53 Å². The highest BCUT2D eigenvalue weighted by Crippen LogP contribution is 2.03. The number of aryl methyl sites for hydroxylation is 1. The van der Waals surface area contributed by atoms with Gasteiger partial charge in [0.1, 0.15) is 12.7 Å². The monoisotopic (exact) mass is 217 g/mol. The minimum Gasteiger partial charge on any atom is -0.371 e. The van der Waals surface area contributed by atoms with Crippen molar-refractivity contribution in [1.82, 2.24) is 5.32 Å². The number of carbonyl (C=O) groups is 2. The van der Waals surface area contributed by atoms with Crippen LogP contribution < -0.4 is 5.32 Å². The average molecular weight is 217 g/mol. The van der Waals surface area contributed by atoms with Crippen molar-refractivity contribution in [3.8, 4) is 12.5 Å². The normalized spacial score (nSPS) is 9.00. The van der Waals surface area contributed by atoms with Gasteiger partial charge in [0.15, 0.2) is 0 Å². The Hall–Kier alpha value is -2.28. The molecule has 0 aliphatic heterocycles. The molecule has 0 spiro atoms. The summed E-state index contributed by atoms with van der Waals surface area (Å²) in [6.07, 6.45) is 6.50. The molecule has 0 atom stereocenters. The molecule has 1 aromatic rings. The zero-order valence-electron chi connectivity index (χ0n) is 8.82. The molecule has 0 fully saturated rings. The molecule has 1 aromatic carbocycles. The molecule has 0 saturated carbocycles. The molecule has 4 heteroatoms. The van der Waals surface area contributed by atoms with Crippen molar-refractivity contribution < 1.29 is 14.3 Å². The van der Waals surface area contributed by atoms with Gasteiger partial charge in [-0.3, -0.25) is 4.79 Å². The van der Waals surface area contributed by atoms with Crippen LogP contribution in [0.3, 0.4) is 0 Å². The van der Waals surface area contributed by atoms with E-state index in [0.717, 1.165) is 5.56 Å². The summed E-state index contributed by atoms with van der Waals surface area (Å²) in [5.41, 5.74) is 1.47. The first-order valence-electron chi connectivity index (χ1n) is 4.63. The molecular weight excluding hydrogens is 206 g/mol. The Bertz CT molecular complexity index is 446. The standard InChI is InChI=1S/C12H11NO3/c1-3-16-11(14)8-13-12(15)10-6-4-5-9(2)7-10/h1,4-7H,8H2,2H3,(H,13,15). The Morgan fingerprint density at radius 3 is 2.88 bits per heavy atom. The number of terminal acetylenes is 1.